The van der Waals surface area contributed by atoms with Crippen molar-refractivity contribution in [1.29, 1.82) is 0 Å². The van der Waals surface area contributed by atoms with Crippen LogP contribution in [0.4, 0.5) is 18.9 Å². The predicted molar refractivity (Wildman–Crippen MR) is 70.4 cm³/mol. The summed E-state index contributed by atoms with van der Waals surface area (Å²) in [6.07, 6.45) is -1.67. The first kappa shape index (κ1) is 15.6. The number of imidazole rings is 1. The van der Waals surface area contributed by atoms with E-state index >= 15 is 0 Å². The maximum absolute atomic E-state index is 12.7. The minimum Gasteiger partial charge on any atom is -0.329 e. The van der Waals surface area contributed by atoms with E-state index < -0.39 is 27.4 Å². The van der Waals surface area contributed by atoms with Gasteiger partial charge in [0.25, 0.3) is 5.69 Å². The fourth-order valence-electron chi connectivity index (χ4n) is 1.53. The Morgan fingerprint density at radius 2 is 2.10 bits per heavy atom. The van der Waals surface area contributed by atoms with Crippen molar-refractivity contribution >= 4 is 29.1 Å². The van der Waals surface area contributed by atoms with Crippen LogP contribution >= 0.6 is 23.4 Å². The van der Waals surface area contributed by atoms with Gasteiger partial charge in [0.05, 0.1) is 20.4 Å². The molecule has 0 aliphatic carbocycles. The van der Waals surface area contributed by atoms with Gasteiger partial charge in [0.2, 0.25) is 0 Å². The molecule has 0 unspecified atom stereocenters. The molecule has 21 heavy (non-hydrogen) atoms. The van der Waals surface area contributed by atoms with Crippen molar-refractivity contribution in [2.75, 3.05) is 0 Å². The zero-order valence-electron chi connectivity index (χ0n) is 10.4. The van der Waals surface area contributed by atoms with Crippen LogP contribution in [-0.4, -0.2) is 14.5 Å². The minimum atomic E-state index is -4.76. The fraction of sp³-hybridized carbons (Fsp3) is 0.182. The molecular weight excluding hydrogens is 331 g/mol. The standard InChI is InChI=1S/C11H7ClF3N3O2S/c1-17-3-2-16-10(17)21-9-5-7(12)6(11(13,14)15)4-8(9)18(19)20/h2-5H,1H3. The van der Waals surface area contributed by atoms with Crippen LogP contribution < -0.4 is 0 Å². The average molecular weight is 338 g/mol. The number of rotatable bonds is 3. The zero-order valence-corrected chi connectivity index (χ0v) is 12.0. The SMILES string of the molecule is Cn1ccnc1Sc1cc(Cl)c(C(F)(F)F)cc1[N+](=O)[O-]. The Kier molecular flexibility index (Phi) is 4.15. The number of nitro benzene ring substituents is 1. The van der Waals surface area contributed by atoms with Crippen LogP contribution in [-0.2, 0) is 13.2 Å². The molecule has 0 N–H and O–H groups in total. The van der Waals surface area contributed by atoms with E-state index in [0.717, 1.165) is 17.8 Å². The van der Waals surface area contributed by atoms with E-state index in [-0.39, 0.29) is 4.90 Å². The lowest BCUT2D eigenvalue weighted by molar-refractivity contribution is -0.388. The smallest absolute Gasteiger partial charge is 0.329 e. The molecule has 0 amide bonds. The summed E-state index contributed by atoms with van der Waals surface area (Å²) in [5, 5.41) is 10.8. The lowest BCUT2D eigenvalue weighted by Crippen LogP contribution is -2.07. The van der Waals surface area contributed by atoms with Gasteiger partial charge in [-0.2, -0.15) is 13.2 Å². The molecule has 0 radical (unpaired) electrons. The molecule has 2 rings (SSSR count). The third-order valence-electron chi connectivity index (χ3n) is 2.53. The highest BCUT2D eigenvalue weighted by Gasteiger charge is 2.36. The number of halogens is 4. The molecule has 0 bridgehead atoms. The van der Waals surface area contributed by atoms with E-state index in [4.69, 9.17) is 11.6 Å². The maximum atomic E-state index is 12.7. The van der Waals surface area contributed by atoms with Gasteiger partial charge in [-0.05, 0) is 17.8 Å². The van der Waals surface area contributed by atoms with Crippen LogP contribution in [0.3, 0.4) is 0 Å². The quantitative estimate of drug-likeness (QED) is 0.623. The number of benzene rings is 1. The molecule has 0 saturated carbocycles. The number of nitrogens with zero attached hydrogens (tertiary/aromatic N) is 3. The van der Waals surface area contributed by atoms with Gasteiger partial charge >= 0.3 is 6.18 Å². The molecule has 5 nitrogen and oxygen atoms in total. The molecule has 0 spiro atoms. The molecule has 10 heteroatoms. The third kappa shape index (κ3) is 3.30. The van der Waals surface area contributed by atoms with Crippen molar-refractivity contribution in [1.82, 2.24) is 9.55 Å². The molecule has 1 heterocycles. The Labute approximate surface area is 125 Å². The molecule has 0 aliphatic heterocycles. The van der Waals surface area contributed by atoms with Crippen LogP contribution in [0.5, 0.6) is 0 Å². The van der Waals surface area contributed by atoms with Crippen molar-refractivity contribution in [3.05, 3.63) is 45.2 Å². The molecule has 0 fully saturated rings. The number of nitro groups is 1. The average Bonchev–Trinajstić information content (AvgIpc) is 2.73. The van der Waals surface area contributed by atoms with Crippen LogP contribution in [0.15, 0.2) is 34.6 Å². The number of hydrogen-bond acceptors (Lipinski definition) is 4. The molecule has 112 valence electrons. The molecule has 1 aromatic heterocycles. The topological polar surface area (TPSA) is 61.0 Å². The summed E-state index contributed by atoms with van der Waals surface area (Å²) in [4.78, 5) is 14.0. The molecule has 0 saturated heterocycles. The van der Waals surface area contributed by atoms with Gasteiger partial charge in [-0.25, -0.2) is 4.98 Å². The van der Waals surface area contributed by atoms with Crippen LogP contribution in [0, 0.1) is 10.1 Å². The summed E-state index contributed by atoms with van der Waals surface area (Å²) in [6.45, 7) is 0. The second-order valence-electron chi connectivity index (χ2n) is 3.98. The largest absolute Gasteiger partial charge is 0.418 e. The fourth-order valence-corrected chi connectivity index (χ4v) is 2.80. The Morgan fingerprint density at radius 3 is 2.57 bits per heavy atom. The molecule has 2 aromatic rings. The second-order valence-corrected chi connectivity index (χ2v) is 5.39. The molecular formula is C11H7ClF3N3O2S. The highest BCUT2D eigenvalue weighted by molar-refractivity contribution is 7.99. The second kappa shape index (κ2) is 5.57. The van der Waals surface area contributed by atoms with Gasteiger partial charge in [0, 0.05) is 25.5 Å². The Hall–Kier alpha value is -1.74. The van der Waals surface area contributed by atoms with Crippen molar-refractivity contribution < 1.29 is 18.1 Å². The van der Waals surface area contributed by atoms with Gasteiger partial charge < -0.3 is 4.57 Å². The van der Waals surface area contributed by atoms with E-state index in [9.17, 15) is 23.3 Å². The van der Waals surface area contributed by atoms with Crippen molar-refractivity contribution in [2.45, 2.75) is 16.2 Å². The Balaban J connectivity index is 2.53. The number of aryl methyl sites for hydroxylation is 1. The predicted octanol–water partition coefficient (Wildman–Crippen LogP) is 4.15. The molecule has 1 aromatic carbocycles. The van der Waals surface area contributed by atoms with Gasteiger partial charge in [0.1, 0.15) is 0 Å². The maximum Gasteiger partial charge on any atom is 0.418 e. The lowest BCUT2D eigenvalue weighted by atomic mass is 10.2. The summed E-state index contributed by atoms with van der Waals surface area (Å²) >= 11 is 6.46. The van der Waals surface area contributed by atoms with Crippen LogP contribution in [0.2, 0.25) is 5.02 Å². The zero-order chi connectivity index (χ0) is 15.8. The number of hydrogen-bond donors (Lipinski definition) is 0. The monoisotopic (exact) mass is 337 g/mol. The minimum absolute atomic E-state index is 0.00713. The van der Waals surface area contributed by atoms with Crippen LogP contribution in [0.25, 0.3) is 0 Å². The van der Waals surface area contributed by atoms with Gasteiger partial charge in [-0.1, -0.05) is 11.6 Å². The first-order valence-corrected chi connectivity index (χ1v) is 6.60. The summed E-state index contributed by atoms with van der Waals surface area (Å²) in [6, 6.07) is 1.37. The van der Waals surface area contributed by atoms with E-state index in [2.05, 4.69) is 4.98 Å². The van der Waals surface area contributed by atoms with Gasteiger partial charge in [-0.15, -0.1) is 0 Å². The highest BCUT2D eigenvalue weighted by atomic mass is 35.5. The summed E-state index contributed by atoms with van der Waals surface area (Å²) in [5.74, 6) is 0. The number of aromatic nitrogens is 2. The number of alkyl halides is 3. The van der Waals surface area contributed by atoms with Crippen LogP contribution in [0.1, 0.15) is 5.56 Å². The third-order valence-corrected chi connectivity index (χ3v) is 3.96. The van der Waals surface area contributed by atoms with E-state index in [1.54, 1.807) is 17.8 Å². The Morgan fingerprint density at radius 1 is 1.43 bits per heavy atom. The van der Waals surface area contributed by atoms with Crippen molar-refractivity contribution in [2.24, 2.45) is 7.05 Å². The van der Waals surface area contributed by atoms with E-state index in [0.29, 0.717) is 11.2 Å². The molecule has 0 atom stereocenters. The van der Waals surface area contributed by atoms with Crippen molar-refractivity contribution in [3.63, 3.8) is 0 Å². The van der Waals surface area contributed by atoms with Crippen molar-refractivity contribution in [3.8, 4) is 0 Å². The summed E-state index contributed by atoms with van der Waals surface area (Å²) in [5.41, 5.74) is -1.90. The summed E-state index contributed by atoms with van der Waals surface area (Å²) < 4.78 is 39.8. The first-order valence-electron chi connectivity index (χ1n) is 5.40. The Bertz CT molecular complexity index is 703. The molecule has 0 aliphatic rings. The first-order chi connectivity index (χ1) is 9.70. The van der Waals surface area contributed by atoms with E-state index in [1.165, 1.54) is 6.20 Å². The van der Waals surface area contributed by atoms with Gasteiger partial charge in [0.15, 0.2) is 5.16 Å². The van der Waals surface area contributed by atoms with E-state index in [1.807, 2.05) is 0 Å². The lowest BCUT2D eigenvalue weighted by Gasteiger charge is -2.10. The highest BCUT2D eigenvalue weighted by Crippen LogP contribution is 2.42. The van der Waals surface area contributed by atoms with Gasteiger partial charge in [-0.3, -0.25) is 10.1 Å². The summed E-state index contributed by atoms with van der Waals surface area (Å²) in [7, 11) is 1.66. The normalized spacial score (nSPS) is 11.7.